The van der Waals surface area contributed by atoms with E-state index >= 15 is 0 Å². The molecule has 1 fully saturated rings. The van der Waals surface area contributed by atoms with Crippen LogP contribution in [-0.2, 0) is 11.2 Å². The van der Waals surface area contributed by atoms with Crippen molar-refractivity contribution in [2.45, 2.75) is 33.4 Å². The zero-order valence-corrected chi connectivity index (χ0v) is 19.3. The smallest absolute Gasteiger partial charge is 0.378 e. The van der Waals surface area contributed by atoms with Gasteiger partial charge in [0.2, 0.25) is 0 Å². The second kappa shape index (κ2) is 7.81. The molecule has 1 aliphatic carbocycles. The molecule has 2 aromatic rings. The Morgan fingerprint density at radius 1 is 1.30 bits per heavy atom. The van der Waals surface area contributed by atoms with Crippen molar-refractivity contribution in [1.29, 1.82) is 0 Å². The van der Waals surface area contributed by atoms with E-state index in [9.17, 15) is 13.2 Å². The van der Waals surface area contributed by atoms with Gasteiger partial charge in [-0.2, -0.15) is 13.2 Å². The van der Waals surface area contributed by atoms with Crippen LogP contribution in [0.25, 0.3) is 5.65 Å². The highest BCUT2D eigenvalue weighted by atomic mass is 127. The molecular weight excluding hydrogens is 508 g/mol. The number of hydrogen-bond donors (Lipinski definition) is 0. The van der Waals surface area contributed by atoms with Gasteiger partial charge in [-0.25, -0.2) is 9.50 Å². The molecule has 0 bridgehead atoms. The highest BCUT2D eigenvalue weighted by Crippen LogP contribution is 2.46. The number of nitrogens with zero attached hydrogens (tertiary/aromatic N) is 4. The number of halogens is 4. The fourth-order valence-electron chi connectivity index (χ4n) is 4.20. The lowest BCUT2D eigenvalue weighted by Crippen LogP contribution is -2.37. The highest BCUT2D eigenvalue weighted by molar-refractivity contribution is 14.1. The number of imidazole rings is 1. The van der Waals surface area contributed by atoms with Crippen molar-refractivity contribution in [3.63, 3.8) is 0 Å². The molecule has 2 unspecified atom stereocenters. The molecule has 4 rings (SSSR count). The predicted molar refractivity (Wildman–Crippen MR) is 118 cm³/mol. The Bertz CT molecular complexity index is 1020. The van der Waals surface area contributed by atoms with Gasteiger partial charge in [0.25, 0.3) is 0 Å². The van der Waals surface area contributed by atoms with Crippen molar-refractivity contribution >= 4 is 34.1 Å². The molecule has 2 aliphatic rings. The van der Waals surface area contributed by atoms with Gasteiger partial charge >= 0.3 is 6.18 Å². The number of rotatable bonds is 3. The minimum absolute atomic E-state index is 0.417. The van der Waals surface area contributed by atoms with Crippen molar-refractivity contribution < 1.29 is 17.9 Å². The van der Waals surface area contributed by atoms with Crippen LogP contribution in [0, 0.1) is 21.8 Å². The second-order valence-corrected chi connectivity index (χ2v) is 9.37. The quantitative estimate of drug-likeness (QED) is 0.537. The Morgan fingerprint density at radius 3 is 2.67 bits per heavy atom. The fraction of sp³-hybridized carbons (Fsp3) is 0.524. The van der Waals surface area contributed by atoms with Crippen LogP contribution in [0.15, 0.2) is 29.9 Å². The fourth-order valence-corrected chi connectivity index (χ4v) is 4.83. The molecule has 0 saturated carbocycles. The number of allylic oxidation sites excluding steroid dienone is 4. The van der Waals surface area contributed by atoms with E-state index in [1.165, 1.54) is 12.2 Å². The first-order valence-corrected chi connectivity index (χ1v) is 11.0. The van der Waals surface area contributed by atoms with Crippen LogP contribution in [0.2, 0.25) is 0 Å². The lowest BCUT2D eigenvalue weighted by atomic mass is 9.68. The number of aromatic nitrogens is 3. The van der Waals surface area contributed by atoms with E-state index in [1.807, 2.05) is 30.5 Å². The van der Waals surface area contributed by atoms with E-state index in [4.69, 9.17) is 9.84 Å². The van der Waals surface area contributed by atoms with Gasteiger partial charge in [0.1, 0.15) is 0 Å². The number of morpholine rings is 1. The summed E-state index contributed by atoms with van der Waals surface area (Å²) in [5, 5.41) is 4.83. The number of hydrogen-bond acceptors (Lipinski definition) is 4. The second-order valence-electron chi connectivity index (χ2n) is 8.21. The molecule has 0 aromatic carbocycles. The molecule has 0 amide bonds. The summed E-state index contributed by atoms with van der Waals surface area (Å²) < 4.78 is 48.7. The first-order valence-electron chi connectivity index (χ1n) is 9.94. The molecule has 2 atom stereocenters. The summed E-state index contributed by atoms with van der Waals surface area (Å²) in [5.41, 5.74) is 1.20. The Hall–Kier alpha value is -1.62. The summed E-state index contributed by atoms with van der Waals surface area (Å²) in [6.07, 6.45) is 0.670. The van der Waals surface area contributed by atoms with Crippen LogP contribution in [0.1, 0.15) is 25.2 Å². The zero-order chi connectivity index (χ0) is 21.7. The molecule has 0 N–H and O–H groups in total. The summed E-state index contributed by atoms with van der Waals surface area (Å²) in [6.45, 7) is 8.25. The first-order chi connectivity index (χ1) is 14.1. The number of anilines is 1. The van der Waals surface area contributed by atoms with Crippen LogP contribution in [0.3, 0.4) is 0 Å². The number of ether oxygens (including phenoxy) is 1. The zero-order valence-electron chi connectivity index (χ0n) is 17.1. The molecule has 30 heavy (non-hydrogen) atoms. The van der Waals surface area contributed by atoms with E-state index in [0.717, 1.165) is 39.5 Å². The van der Waals surface area contributed by atoms with E-state index in [0.29, 0.717) is 19.6 Å². The van der Waals surface area contributed by atoms with Crippen LogP contribution in [0.4, 0.5) is 19.0 Å². The van der Waals surface area contributed by atoms with E-state index in [1.54, 1.807) is 6.92 Å². The van der Waals surface area contributed by atoms with E-state index < -0.39 is 23.1 Å². The minimum atomic E-state index is -4.34. The summed E-state index contributed by atoms with van der Waals surface area (Å²) in [7, 11) is 0. The predicted octanol–water partition coefficient (Wildman–Crippen LogP) is 4.72. The minimum Gasteiger partial charge on any atom is -0.378 e. The number of alkyl halides is 3. The summed E-state index contributed by atoms with van der Waals surface area (Å²) in [6, 6.07) is 2.01. The van der Waals surface area contributed by atoms with Gasteiger partial charge < -0.3 is 9.64 Å². The summed E-state index contributed by atoms with van der Waals surface area (Å²) >= 11 is 2.25. The first kappa shape index (κ1) is 21.6. The SMILES string of the molecule is Cc1nc2c(I)cc(N3CCOCC3)nn2c1CC1(C)C=CC=C(C(F)(F)F)C1C. The van der Waals surface area contributed by atoms with Crippen molar-refractivity contribution in [2.24, 2.45) is 11.3 Å². The van der Waals surface area contributed by atoms with Gasteiger partial charge in [-0.3, -0.25) is 0 Å². The number of fused-ring (bicyclic) bond motifs is 1. The van der Waals surface area contributed by atoms with Crippen molar-refractivity contribution in [2.75, 3.05) is 31.2 Å². The van der Waals surface area contributed by atoms with Crippen LogP contribution < -0.4 is 4.90 Å². The Kier molecular flexibility index (Phi) is 5.63. The molecule has 2 aromatic heterocycles. The van der Waals surface area contributed by atoms with Gasteiger partial charge in [0.15, 0.2) is 11.5 Å². The molecule has 0 spiro atoms. The van der Waals surface area contributed by atoms with Crippen LogP contribution in [0.5, 0.6) is 0 Å². The normalized spacial score (nSPS) is 25.1. The van der Waals surface area contributed by atoms with E-state index in [2.05, 4.69) is 32.5 Å². The third-order valence-electron chi connectivity index (χ3n) is 6.24. The van der Waals surface area contributed by atoms with Gasteiger partial charge in [-0.1, -0.05) is 32.1 Å². The molecular formula is C21H24F3IN4O. The average molecular weight is 532 g/mol. The van der Waals surface area contributed by atoms with Gasteiger partial charge in [-0.15, -0.1) is 5.10 Å². The largest absolute Gasteiger partial charge is 0.412 e. The van der Waals surface area contributed by atoms with Gasteiger partial charge in [0.05, 0.1) is 28.2 Å². The third kappa shape index (κ3) is 3.86. The Balaban J connectivity index is 1.74. The van der Waals surface area contributed by atoms with Crippen molar-refractivity contribution in [3.05, 3.63) is 44.8 Å². The summed E-state index contributed by atoms with van der Waals surface area (Å²) in [5.74, 6) is 0.163. The van der Waals surface area contributed by atoms with Gasteiger partial charge in [-0.05, 0) is 46.9 Å². The van der Waals surface area contributed by atoms with Crippen molar-refractivity contribution in [1.82, 2.24) is 14.6 Å². The maximum Gasteiger partial charge on any atom is 0.412 e. The monoisotopic (exact) mass is 532 g/mol. The lowest BCUT2D eigenvalue weighted by molar-refractivity contribution is -0.103. The molecule has 1 aliphatic heterocycles. The molecule has 3 heterocycles. The van der Waals surface area contributed by atoms with Gasteiger partial charge in [0, 0.05) is 25.1 Å². The maximum absolute atomic E-state index is 13.5. The van der Waals surface area contributed by atoms with E-state index in [-0.39, 0.29) is 0 Å². The molecule has 9 heteroatoms. The highest BCUT2D eigenvalue weighted by Gasteiger charge is 2.45. The molecule has 1 saturated heterocycles. The lowest BCUT2D eigenvalue weighted by Gasteiger charge is -2.37. The van der Waals surface area contributed by atoms with Crippen molar-refractivity contribution in [3.8, 4) is 0 Å². The Morgan fingerprint density at radius 2 is 2.00 bits per heavy atom. The van der Waals surface area contributed by atoms with Crippen LogP contribution in [-0.4, -0.2) is 47.1 Å². The molecule has 162 valence electrons. The van der Waals surface area contributed by atoms with Crippen LogP contribution >= 0.6 is 22.6 Å². The molecule has 5 nitrogen and oxygen atoms in total. The summed E-state index contributed by atoms with van der Waals surface area (Å²) in [4.78, 5) is 6.84. The maximum atomic E-state index is 13.5. The average Bonchev–Trinajstić information content (AvgIpc) is 3.00. The third-order valence-corrected chi connectivity index (χ3v) is 7.03. The number of aryl methyl sites for hydroxylation is 1. The topological polar surface area (TPSA) is 42.7 Å². The Labute approximate surface area is 187 Å². The standard InChI is InChI=1S/C21H24F3IN4O/c1-13-15(21(22,23)24)5-4-6-20(13,3)12-17-14(2)26-19-16(25)11-18(27-29(17)19)28-7-9-30-10-8-28/h4-6,11,13H,7-10,12H2,1-3H3. The molecule has 0 radical (unpaired) electrons.